The second-order valence-electron chi connectivity index (χ2n) is 4.46. The van der Waals surface area contributed by atoms with E-state index < -0.39 is 0 Å². The first-order valence-electron chi connectivity index (χ1n) is 6.41. The molecule has 1 atom stereocenters. The Morgan fingerprint density at radius 3 is 2.89 bits per heavy atom. The molecule has 0 bridgehead atoms. The van der Waals surface area contributed by atoms with Crippen LogP contribution in [0.25, 0.3) is 0 Å². The predicted molar refractivity (Wildman–Crippen MR) is 90.3 cm³/mol. The summed E-state index contributed by atoms with van der Waals surface area (Å²) >= 11 is 6.00. The highest BCUT2D eigenvalue weighted by atomic mass is 127. The van der Waals surface area contributed by atoms with Crippen LogP contribution in [0.5, 0.6) is 0 Å². The zero-order valence-corrected chi connectivity index (χ0v) is 14.6. The van der Waals surface area contributed by atoms with Gasteiger partial charge in [0.25, 0.3) is 0 Å². The lowest BCUT2D eigenvalue weighted by molar-refractivity contribution is 0.448. The molecular weight excluding hydrogens is 417 g/mol. The normalized spacial score (nSPS) is 12.6. The second-order valence-corrected chi connectivity index (χ2v) is 6.56. The molecule has 0 fully saturated rings. The van der Waals surface area contributed by atoms with Gasteiger partial charge in [-0.05, 0) is 71.5 Å². The van der Waals surface area contributed by atoms with Crippen LogP contribution >= 0.6 is 38.5 Å². The van der Waals surface area contributed by atoms with Crippen LogP contribution in [0.4, 0.5) is 0 Å². The molecule has 1 N–H and O–H groups in total. The first-order valence-corrected chi connectivity index (χ1v) is 8.28. The Labute approximate surface area is 136 Å². The van der Waals surface area contributed by atoms with Crippen molar-refractivity contribution in [2.75, 3.05) is 6.54 Å². The molecule has 1 aromatic heterocycles. The summed E-state index contributed by atoms with van der Waals surface area (Å²) < 4.78 is 7.87. The number of hydrogen-bond donors (Lipinski definition) is 1. The van der Waals surface area contributed by atoms with Crippen molar-refractivity contribution in [3.8, 4) is 0 Å². The highest BCUT2D eigenvalue weighted by Crippen LogP contribution is 2.28. The molecular formula is C15H17BrINO. The van der Waals surface area contributed by atoms with Crippen molar-refractivity contribution in [2.45, 2.75) is 25.8 Å². The average Bonchev–Trinajstić information content (AvgIpc) is 2.90. The number of hydrogen-bond acceptors (Lipinski definition) is 2. The molecule has 2 rings (SSSR count). The van der Waals surface area contributed by atoms with Gasteiger partial charge in [0.2, 0.25) is 0 Å². The van der Waals surface area contributed by atoms with Gasteiger partial charge < -0.3 is 9.73 Å². The minimum Gasteiger partial charge on any atom is -0.469 e. The summed E-state index contributed by atoms with van der Waals surface area (Å²) in [7, 11) is 0. The Hall–Kier alpha value is -0.330. The largest absolute Gasteiger partial charge is 0.469 e. The van der Waals surface area contributed by atoms with E-state index in [4.69, 9.17) is 4.42 Å². The molecule has 0 amide bonds. The summed E-state index contributed by atoms with van der Waals surface area (Å²) in [5, 5.41) is 3.60. The number of nitrogens with one attached hydrogen (secondary N) is 1. The maximum atomic E-state index is 5.48. The minimum atomic E-state index is 0.273. The maximum Gasteiger partial charge on any atom is 0.105 e. The van der Waals surface area contributed by atoms with Gasteiger partial charge in [-0.3, -0.25) is 0 Å². The Bertz CT molecular complexity index is 513. The third-order valence-corrected chi connectivity index (χ3v) is 4.35. The van der Waals surface area contributed by atoms with Crippen molar-refractivity contribution in [3.63, 3.8) is 0 Å². The van der Waals surface area contributed by atoms with E-state index in [1.807, 2.05) is 12.1 Å². The lowest BCUT2D eigenvalue weighted by Crippen LogP contribution is -2.24. The molecule has 1 aromatic carbocycles. The minimum absolute atomic E-state index is 0.273. The van der Waals surface area contributed by atoms with Crippen molar-refractivity contribution in [2.24, 2.45) is 0 Å². The molecule has 2 aromatic rings. The highest BCUT2D eigenvalue weighted by Gasteiger charge is 2.16. The topological polar surface area (TPSA) is 25.2 Å². The van der Waals surface area contributed by atoms with E-state index in [0.717, 1.165) is 29.6 Å². The zero-order valence-electron chi connectivity index (χ0n) is 10.8. The average molecular weight is 434 g/mol. The first-order chi connectivity index (χ1) is 9.20. The molecule has 1 unspecified atom stereocenters. The van der Waals surface area contributed by atoms with Gasteiger partial charge in [0.05, 0.1) is 6.26 Å². The molecule has 1 heterocycles. The number of benzene rings is 1. The van der Waals surface area contributed by atoms with Crippen molar-refractivity contribution in [1.29, 1.82) is 0 Å². The predicted octanol–water partition coefficient (Wildman–Crippen LogP) is 4.93. The van der Waals surface area contributed by atoms with E-state index in [2.05, 4.69) is 69.0 Å². The van der Waals surface area contributed by atoms with E-state index >= 15 is 0 Å². The molecule has 0 saturated heterocycles. The van der Waals surface area contributed by atoms with Crippen LogP contribution < -0.4 is 5.32 Å². The molecule has 0 spiro atoms. The summed E-state index contributed by atoms with van der Waals surface area (Å²) in [6, 6.07) is 10.7. The molecule has 0 aliphatic rings. The Morgan fingerprint density at radius 2 is 2.21 bits per heavy atom. The highest BCUT2D eigenvalue weighted by molar-refractivity contribution is 14.1. The van der Waals surface area contributed by atoms with Crippen LogP contribution in [0.2, 0.25) is 0 Å². The van der Waals surface area contributed by atoms with E-state index in [0.29, 0.717) is 0 Å². The third kappa shape index (κ3) is 4.33. The van der Waals surface area contributed by atoms with Crippen molar-refractivity contribution in [3.05, 3.63) is 56.0 Å². The monoisotopic (exact) mass is 433 g/mol. The fraction of sp³-hybridized carbons (Fsp3) is 0.333. The Morgan fingerprint density at radius 1 is 1.37 bits per heavy atom. The first kappa shape index (κ1) is 15.1. The third-order valence-electron chi connectivity index (χ3n) is 2.96. The summed E-state index contributed by atoms with van der Waals surface area (Å²) in [5.41, 5.74) is 1.29. The summed E-state index contributed by atoms with van der Waals surface area (Å²) in [5.74, 6) is 1.01. The van der Waals surface area contributed by atoms with Crippen molar-refractivity contribution >= 4 is 38.5 Å². The molecule has 0 aliphatic heterocycles. The quantitative estimate of drug-likeness (QED) is 0.653. The second kappa shape index (κ2) is 7.45. The van der Waals surface area contributed by atoms with Gasteiger partial charge in [-0.1, -0.05) is 22.9 Å². The van der Waals surface area contributed by atoms with Crippen LogP contribution in [-0.4, -0.2) is 6.54 Å². The van der Waals surface area contributed by atoms with E-state index in [-0.39, 0.29) is 6.04 Å². The fourth-order valence-electron chi connectivity index (χ4n) is 2.02. The van der Waals surface area contributed by atoms with Crippen LogP contribution in [0.1, 0.15) is 30.7 Å². The van der Waals surface area contributed by atoms with Gasteiger partial charge >= 0.3 is 0 Å². The summed E-state index contributed by atoms with van der Waals surface area (Å²) in [4.78, 5) is 0. The van der Waals surface area contributed by atoms with Gasteiger partial charge in [0.1, 0.15) is 5.76 Å². The number of halogens is 2. The van der Waals surface area contributed by atoms with Crippen LogP contribution in [0, 0.1) is 3.57 Å². The zero-order chi connectivity index (χ0) is 13.7. The lowest BCUT2D eigenvalue weighted by atomic mass is 10.0. The molecule has 0 aliphatic carbocycles. The van der Waals surface area contributed by atoms with Gasteiger partial charge in [-0.25, -0.2) is 0 Å². The number of furan rings is 1. The van der Waals surface area contributed by atoms with Gasteiger partial charge in [0.15, 0.2) is 0 Å². The lowest BCUT2D eigenvalue weighted by Gasteiger charge is -2.19. The Kier molecular flexibility index (Phi) is 5.91. The fourth-order valence-corrected chi connectivity index (χ4v) is 3.06. The standard InChI is InChI=1S/C15H17BrINO/c1-2-7-18-15(10-12-4-3-8-19-12)13-9-11(17)5-6-14(13)16/h3-6,8-9,15,18H,2,7,10H2,1H3. The van der Waals surface area contributed by atoms with E-state index in [1.54, 1.807) is 6.26 Å². The molecule has 0 radical (unpaired) electrons. The van der Waals surface area contributed by atoms with Gasteiger partial charge in [-0.2, -0.15) is 0 Å². The summed E-state index contributed by atoms with van der Waals surface area (Å²) in [6.45, 7) is 3.18. The SMILES string of the molecule is CCCNC(Cc1ccco1)c1cc(I)ccc1Br. The molecule has 4 heteroatoms. The summed E-state index contributed by atoms with van der Waals surface area (Å²) in [6.07, 6.45) is 3.72. The maximum absolute atomic E-state index is 5.48. The molecule has 2 nitrogen and oxygen atoms in total. The van der Waals surface area contributed by atoms with Crippen molar-refractivity contribution in [1.82, 2.24) is 5.32 Å². The van der Waals surface area contributed by atoms with E-state index in [9.17, 15) is 0 Å². The van der Waals surface area contributed by atoms with Crippen LogP contribution in [0.15, 0.2) is 45.5 Å². The van der Waals surface area contributed by atoms with Crippen LogP contribution in [0.3, 0.4) is 0 Å². The van der Waals surface area contributed by atoms with Crippen molar-refractivity contribution < 1.29 is 4.42 Å². The molecule has 0 saturated carbocycles. The van der Waals surface area contributed by atoms with Gasteiger partial charge in [0, 0.05) is 20.5 Å². The molecule has 102 valence electrons. The van der Waals surface area contributed by atoms with E-state index in [1.165, 1.54) is 9.13 Å². The molecule has 19 heavy (non-hydrogen) atoms. The Balaban J connectivity index is 2.23. The number of rotatable bonds is 6. The van der Waals surface area contributed by atoms with Gasteiger partial charge in [-0.15, -0.1) is 0 Å². The van der Waals surface area contributed by atoms with Crippen LogP contribution in [-0.2, 0) is 6.42 Å². The smallest absolute Gasteiger partial charge is 0.105 e.